The molecule has 5 N–H and O–H groups in total. The van der Waals surface area contributed by atoms with Crippen LogP contribution in [0.5, 0.6) is 5.75 Å². The van der Waals surface area contributed by atoms with Gasteiger partial charge in [0, 0.05) is 5.02 Å². The highest BCUT2D eigenvalue weighted by Gasteiger charge is 2.15. The summed E-state index contributed by atoms with van der Waals surface area (Å²) in [5.74, 6) is 0.0296. The van der Waals surface area contributed by atoms with Crippen molar-refractivity contribution in [3.63, 3.8) is 0 Å². The van der Waals surface area contributed by atoms with Crippen LogP contribution in [0, 0.1) is 0 Å². The average molecular weight is 431 g/mol. The summed E-state index contributed by atoms with van der Waals surface area (Å²) in [6.45, 7) is -0.342. The molecule has 0 aliphatic heterocycles. The summed E-state index contributed by atoms with van der Waals surface area (Å²) in [6.07, 6.45) is 0. The Morgan fingerprint density at radius 3 is 2.47 bits per heavy atom. The molecule has 0 bridgehead atoms. The third-order valence-electron chi connectivity index (χ3n) is 3.98. The summed E-state index contributed by atoms with van der Waals surface area (Å²) in [6, 6.07) is 13.4. The van der Waals surface area contributed by atoms with Crippen LogP contribution in [0.3, 0.4) is 0 Å². The number of carbonyl (C=O) groups is 3. The molecular weight excluding hydrogens is 412 g/mol. The first-order chi connectivity index (χ1) is 14.4. The zero-order valence-electron chi connectivity index (χ0n) is 15.7. The van der Waals surface area contributed by atoms with Gasteiger partial charge >= 0.3 is 6.03 Å². The lowest BCUT2D eigenvalue weighted by atomic mass is 10.3. The number of rotatable bonds is 7. The Labute approximate surface area is 176 Å². The number of amides is 4. The van der Waals surface area contributed by atoms with E-state index in [4.69, 9.17) is 22.1 Å². The van der Waals surface area contributed by atoms with Crippen molar-refractivity contribution in [2.75, 3.05) is 6.54 Å². The molecule has 0 radical (unpaired) electrons. The van der Waals surface area contributed by atoms with Crippen LogP contribution in [0.2, 0.25) is 5.02 Å². The van der Waals surface area contributed by atoms with E-state index in [1.54, 1.807) is 28.8 Å². The van der Waals surface area contributed by atoms with Gasteiger partial charge in [-0.15, -0.1) is 0 Å². The molecule has 0 aliphatic carbocycles. The SMILES string of the molecule is NC(=O)NCC(=O)NNC(=O)Cn1c(COc2ccc(Cl)cc2)nc2ccccc21. The summed E-state index contributed by atoms with van der Waals surface area (Å²) in [7, 11) is 0. The van der Waals surface area contributed by atoms with Crippen molar-refractivity contribution < 1.29 is 19.1 Å². The number of nitrogens with zero attached hydrogens (tertiary/aromatic N) is 2. The molecular formula is C19H19ClN6O4. The number of hydrazine groups is 1. The van der Waals surface area contributed by atoms with Gasteiger partial charge in [0.1, 0.15) is 31.3 Å². The third kappa shape index (κ3) is 5.61. The van der Waals surface area contributed by atoms with Gasteiger partial charge in [-0.2, -0.15) is 0 Å². The maximum absolute atomic E-state index is 12.3. The fraction of sp³-hybridized carbons (Fsp3) is 0.158. The minimum atomic E-state index is -0.841. The largest absolute Gasteiger partial charge is 0.486 e. The van der Waals surface area contributed by atoms with E-state index in [0.29, 0.717) is 22.1 Å². The predicted octanol–water partition coefficient (Wildman–Crippen LogP) is 1.08. The fourth-order valence-corrected chi connectivity index (χ4v) is 2.75. The number of urea groups is 1. The van der Waals surface area contributed by atoms with Gasteiger partial charge in [0.2, 0.25) is 0 Å². The van der Waals surface area contributed by atoms with E-state index in [1.807, 2.05) is 24.3 Å². The number of aromatic nitrogens is 2. The number of hydrogen-bond acceptors (Lipinski definition) is 5. The highest BCUT2D eigenvalue weighted by Crippen LogP contribution is 2.19. The van der Waals surface area contributed by atoms with Gasteiger partial charge in [-0.25, -0.2) is 9.78 Å². The minimum Gasteiger partial charge on any atom is -0.486 e. The van der Waals surface area contributed by atoms with Crippen LogP contribution in [0.15, 0.2) is 48.5 Å². The van der Waals surface area contributed by atoms with Crippen LogP contribution < -0.4 is 26.6 Å². The van der Waals surface area contributed by atoms with Gasteiger partial charge in [0.15, 0.2) is 0 Å². The van der Waals surface area contributed by atoms with Gasteiger partial charge in [0.25, 0.3) is 11.8 Å². The summed E-state index contributed by atoms with van der Waals surface area (Å²) < 4.78 is 7.44. The molecule has 2 aromatic carbocycles. The van der Waals surface area contributed by atoms with Crippen molar-refractivity contribution in [2.24, 2.45) is 5.73 Å². The van der Waals surface area contributed by atoms with Gasteiger partial charge in [0.05, 0.1) is 11.0 Å². The number of ether oxygens (including phenoxy) is 1. The Morgan fingerprint density at radius 1 is 1.03 bits per heavy atom. The molecule has 10 nitrogen and oxygen atoms in total. The van der Waals surface area contributed by atoms with Crippen molar-refractivity contribution in [2.45, 2.75) is 13.2 Å². The highest BCUT2D eigenvalue weighted by atomic mass is 35.5. The lowest BCUT2D eigenvalue weighted by Crippen LogP contribution is -2.48. The lowest BCUT2D eigenvalue weighted by molar-refractivity contribution is -0.128. The van der Waals surface area contributed by atoms with Crippen LogP contribution >= 0.6 is 11.6 Å². The number of primary amides is 1. The molecule has 30 heavy (non-hydrogen) atoms. The molecule has 0 unspecified atom stereocenters. The van der Waals surface area contributed by atoms with E-state index in [9.17, 15) is 14.4 Å². The van der Waals surface area contributed by atoms with E-state index >= 15 is 0 Å². The molecule has 0 atom stereocenters. The number of benzene rings is 2. The summed E-state index contributed by atoms with van der Waals surface area (Å²) in [5.41, 5.74) is 10.8. The molecule has 3 rings (SSSR count). The smallest absolute Gasteiger partial charge is 0.312 e. The summed E-state index contributed by atoms with van der Waals surface area (Å²) >= 11 is 5.88. The van der Waals surface area contributed by atoms with Gasteiger partial charge < -0.3 is 20.4 Å². The first kappa shape index (κ1) is 20.9. The number of fused-ring (bicyclic) bond motifs is 1. The van der Waals surface area contributed by atoms with E-state index in [2.05, 4.69) is 21.2 Å². The van der Waals surface area contributed by atoms with Crippen LogP contribution in [0.4, 0.5) is 4.79 Å². The van der Waals surface area contributed by atoms with Crippen molar-refractivity contribution in [1.82, 2.24) is 25.7 Å². The fourth-order valence-electron chi connectivity index (χ4n) is 2.62. The molecule has 156 valence electrons. The summed E-state index contributed by atoms with van der Waals surface area (Å²) in [4.78, 5) is 39.0. The quantitative estimate of drug-likeness (QED) is 0.415. The number of carbonyl (C=O) groups excluding carboxylic acids is 3. The number of imidazole rings is 1. The van der Waals surface area contributed by atoms with Crippen molar-refractivity contribution in [3.05, 3.63) is 59.4 Å². The van der Waals surface area contributed by atoms with Crippen LogP contribution in [0.25, 0.3) is 11.0 Å². The Morgan fingerprint density at radius 2 is 1.73 bits per heavy atom. The molecule has 1 aromatic heterocycles. The minimum absolute atomic E-state index is 0.108. The standard InChI is InChI=1S/C19H19ClN6O4/c20-12-5-7-13(8-6-12)30-11-16-23-14-3-1-2-4-15(14)26(16)10-18(28)25-24-17(27)9-22-19(21)29/h1-8H,9-11H2,(H,24,27)(H,25,28)(H3,21,22,29). The topological polar surface area (TPSA) is 140 Å². The molecule has 4 amide bonds. The zero-order chi connectivity index (χ0) is 21.5. The summed E-state index contributed by atoms with van der Waals surface area (Å²) in [5, 5.41) is 2.72. The van der Waals surface area contributed by atoms with Crippen LogP contribution in [-0.2, 0) is 22.7 Å². The van der Waals surface area contributed by atoms with Gasteiger partial charge in [-0.05, 0) is 36.4 Å². The number of nitrogens with two attached hydrogens (primary N) is 1. The number of nitrogens with one attached hydrogen (secondary N) is 3. The second-order valence-corrected chi connectivity index (χ2v) is 6.60. The average Bonchev–Trinajstić information content (AvgIpc) is 3.07. The first-order valence-corrected chi connectivity index (χ1v) is 9.23. The lowest BCUT2D eigenvalue weighted by Gasteiger charge is -2.12. The van der Waals surface area contributed by atoms with Crippen LogP contribution in [-0.4, -0.2) is 33.9 Å². The number of para-hydroxylation sites is 2. The third-order valence-corrected chi connectivity index (χ3v) is 4.23. The first-order valence-electron chi connectivity index (χ1n) is 8.86. The molecule has 0 spiro atoms. The van der Waals surface area contributed by atoms with E-state index in [-0.39, 0.29) is 19.7 Å². The van der Waals surface area contributed by atoms with E-state index in [1.165, 1.54) is 0 Å². The molecule has 0 saturated heterocycles. The Balaban J connectivity index is 1.68. The zero-order valence-corrected chi connectivity index (χ0v) is 16.5. The molecule has 1 heterocycles. The van der Waals surface area contributed by atoms with Crippen LogP contribution in [0.1, 0.15) is 5.82 Å². The normalized spacial score (nSPS) is 10.4. The molecule has 0 aliphatic rings. The van der Waals surface area contributed by atoms with Crippen molar-refractivity contribution in [3.8, 4) is 5.75 Å². The maximum Gasteiger partial charge on any atom is 0.312 e. The highest BCUT2D eigenvalue weighted by molar-refractivity contribution is 6.30. The molecule has 0 saturated carbocycles. The van der Waals surface area contributed by atoms with E-state index in [0.717, 1.165) is 5.52 Å². The van der Waals surface area contributed by atoms with Crippen molar-refractivity contribution in [1.29, 1.82) is 0 Å². The Bertz CT molecular complexity index is 1070. The molecule has 0 fully saturated rings. The predicted molar refractivity (Wildman–Crippen MR) is 109 cm³/mol. The van der Waals surface area contributed by atoms with Crippen molar-refractivity contribution >= 4 is 40.5 Å². The molecule has 3 aromatic rings. The van der Waals surface area contributed by atoms with Gasteiger partial charge in [-0.1, -0.05) is 23.7 Å². The monoisotopic (exact) mass is 430 g/mol. The maximum atomic E-state index is 12.3. The Kier molecular flexibility index (Phi) is 6.71. The number of halogens is 1. The second kappa shape index (κ2) is 9.61. The van der Waals surface area contributed by atoms with Gasteiger partial charge in [-0.3, -0.25) is 20.4 Å². The Hall–Kier alpha value is -3.79. The molecule has 11 heteroatoms. The number of hydrogen-bond donors (Lipinski definition) is 4. The van der Waals surface area contributed by atoms with E-state index < -0.39 is 17.8 Å². The second-order valence-electron chi connectivity index (χ2n) is 6.16.